The second kappa shape index (κ2) is 6.28. The van der Waals surface area contributed by atoms with Crippen LogP contribution in [0.25, 0.3) is 0 Å². The molecule has 0 amide bonds. The maximum atomic E-state index is 5.33. The number of hydrogen-bond acceptors (Lipinski definition) is 3. The molecule has 1 heterocycles. The standard InChI is InChI=1S/C13H14BrNOS/c1-15-8-10-7-11(14)4-5-13(10)17-9-12-3-2-6-16-12/h2-7,15H,8-9H2,1H3. The number of furan rings is 1. The van der Waals surface area contributed by atoms with E-state index in [9.17, 15) is 0 Å². The van der Waals surface area contributed by atoms with E-state index in [1.165, 1.54) is 10.5 Å². The van der Waals surface area contributed by atoms with E-state index >= 15 is 0 Å². The fourth-order valence-corrected chi connectivity index (χ4v) is 2.91. The van der Waals surface area contributed by atoms with Crippen molar-refractivity contribution in [1.82, 2.24) is 5.32 Å². The predicted octanol–water partition coefficient (Wildman–Crippen LogP) is 4.05. The van der Waals surface area contributed by atoms with Crippen molar-refractivity contribution in [2.24, 2.45) is 0 Å². The molecule has 1 N–H and O–H groups in total. The van der Waals surface area contributed by atoms with Gasteiger partial charge in [-0.25, -0.2) is 0 Å². The lowest BCUT2D eigenvalue weighted by Gasteiger charge is -2.08. The van der Waals surface area contributed by atoms with Crippen molar-refractivity contribution in [3.8, 4) is 0 Å². The first-order valence-electron chi connectivity index (χ1n) is 5.38. The largest absolute Gasteiger partial charge is 0.468 e. The molecule has 0 spiro atoms. The Labute approximate surface area is 114 Å². The van der Waals surface area contributed by atoms with Crippen molar-refractivity contribution in [3.63, 3.8) is 0 Å². The summed E-state index contributed by atoms with van der Waals surface area (Å²) < 4.78 is 6.45. The molecule has 4 heteroatoms. The van der Waals surface area contributed by atoms with Gasteiger partial charge in [0.05, 0.1) is 12.0 Å². The maximum absolute atomic E-state index is 5.33. The molecule has 17 heavy (non-hydrogen) atoms. The van der Waals surface area contributed by atoms with Crippen LogP contribution in [-0.2, 0) is 12.3 Å². The van der Waals surface area contributed by atoms with E-state index in [0.717, 1.165) is 22.5 Å². The van der Waals surface area contributed by atoms with Crippen molar-refractivity contribution >= 4 is 27.7 Å². The van der Waals surface area contributed by atoms with Gasteiger partial charge in [-0.1, -0.05) is 15.9 Å². The normalized spacial score (nSPS) is 10.7. The minimum Gasteiger partial charge on any atom is -0.468 e. The second-order valence-electron chi connectivity index (χ2n) is 3.65. The van der Waals surface area contributed by atoms with Crippen molar-refractivity contribution < 1.29 is 4.42 Å². The Hall–Kier alpha value is -0.710. The molecule has 2 nitrogen and oxygen atoms in total. The van der Waals surface area contributed by atoms with Gasteiger partial charge in [0, 0.05) is 15.9 Å². The summed E-state index contributed by atoms with van der Waals surface area (Å²) in [5.74, 6) is 1.87. The van der Waals surface area contributed by atoms with Crippen LogP contribution in [0, 0.1) is 0 Å². The van der Waals surface area contributed by atoms with Crippen LogP contribution >= 0.6 is 27.7 Å². The highest BCUT2D eigenvalue weighted by Gasteiger charge is 2.05. The Balaban J connectivity index is 2.08. The zero-order valence-corrected chi connectivity index (χ0v) is 12.0. The van der Waals surface area contributed by atoms with Gasteiger partial charge in [0.25, 0.3) is 0 Å². The third-order valence-electron chi connectivity index (χ3n) is 2.34. The number of thioether (sulfide) groups is 1. The predicted molar refractivity (Wildman–Crippen MR) is 75.2 cm³/mol. The molecule has 0 bridgehead atoms. The highest BCUT2D eigenvalue weighted by molar-refractivity contribution is 9.10. The van der Waals surface area contributed by atoms with Gasteiger partial charge in [0.15, 0.2) is 0 Å². The molecule has 0 fully saturated rings. The molecule has 0 atom stereocenters. The summed E-state index contributed by atoms with van der Waals surface area (Å²) in [5.41, 5.74) is 1.30. The molecule has 2 aromatic rings. The van der Waals surface area contributed by atoms with E-state index in [2.05, 4.69) is 39.4 Å². The van der Waals surface area contributed by atoms with Crippen LogP contribution in [0.15, 0.2) is 50.4 Å². The Morgan fingerprint density at radius 2 is 2.24 bits per heavy atom. The van der Waals surface area contributed by atoms with Crippen LogP contribution in [0.4, 0.5) is 0 Å². The number of rotatable bonds is 5. The highest BCUT2D eigenvalue weighted by Crippen LogP contribution is 2.28. The highest BCUT2D eigenvalue weighted by atomic mass is 79.9. The minimum atomic E-state index is 0.866. The molecule has 0 aliphatic carbocycles. The maximum Gasteiger partial charge on any atom is 0.113 e. The molecule has 0 radical (unpaired) electrons. The van der Waals surface area contributed by atoms with Gasteiger partial charge >= 0.3 is 0 Å². The van der Waals surface area contributed by atoms with Gasteiger partial charge < -0.3 is 9.73 Å². The molecule has 1 aromatic carbocycles. The molecule has 0 saturated carbocycles. The van der Waals surface area contributed by atoms with Crippen LogP contribution < -0.4 is 5.32 Å². The van der Waals surface area contributed by atoms with Crippen LogP contribution in [0.2, 0.25) is 0 Å². The summed E-state index contributed by atoms with van der Waals surface area (Å²) in [6, 6.07) is 10.3. The Bertz CT molecular complexity index is 470. The monoisotopic (exact) mass is 311 g/mol. The first kappa shape index (κ1) is 12.7. The van der Waals surface area contributed by atoms with Crippen molar-refractivity contribution in [2.75, 3.05) is 7.05 Å². The SMILES string of the molecule is CNCc1cc(Br)ccc1SCc1ccco1. The van der Waals surface area contributed by atoms with Gasteiger partial charge in [0.2, 0.25) is 0 Å². The molecule has 0 saturated heterocycles. The Morgan fingerprint density at radius 1 is 1.35 bits per heavy atom. The zero-order valence-electron chi connectivity index (χ0n) is 9.57. The fraction of sp³-hybridized carbons (Fsp3) is 0.231. The van der Waals surface area contributed by atoms with E-state index in [1.54, 1.807) is 18.0 Å². The second-order valence-corrected chi connectivity index (χ2v) is 5.58. The number of hydrogen-bond donors (Lipinski definition) is 1. The van der Waals surface area contributed by atoms with Crippen LogP contribution in [-0.4, -0.2) is 7.05 Å². The molecule has 90 valence electrons. The van der Waals surface area contributed by atoms with Gasteiger partial charge in [-0.05, 0) is 42.9 Å². The quantitative estimate of drug-likeness (QED) is 0.843. The first-order valence-corrected chi connectivity index (χ1v) is 7.15. The third-order valence-corrected chi connectivity index (χ3v) is 3.97. The summed E-state index contributed by atoms with van der Waals surface area (Å²) in [6.45, 7) is 0.875. The van der Waals surface area contributed by atoms with Crippen molar-refractivity contribution in [2.45, 2.75) is 17.2 Å². The van der Waals surface area contributed by atoms with E-state index in [-0.39, 0.29) is 0 Å². The van der Waals surface area contributed by atoms with Crippen LogP contribution in [0.1, 0.15) is 11.3 Å². The Kier molecular flexibility index (Phi) is 4.71. The summed E-state index contributed by atoms with van der Waals surface area (Å²) >= 11 is 5.30. The van der Waals surface area contributed by atoms with Crippen molar-refractivity contribution in [1.29, 1.82) is 0 Å². The average Bonchev–Trinajstić information content (AvgIpc) is 2.81. The molecule has 0 unspecified atom stereocenters. The number of halogens is 1. The first-order chi connectivity index (χ1) is 8.29. The van der Waals surface area contributed by atoms with E-state index in [1.807, 2.05) is 19.2 Å². The van der Waals surface area contributed by atoms with Gasteiger partial charge in [-0.3, -0.25) is 0 Å². The van der Waals surface area contributed by atoms with Gasteiger partial charge in [-0.15, -0.1) is 11.8 Å². The topological polar surface area (TPSA) is 25.2 Å². The van der Waals surface area contributed by atoms with Gasteiger partial charge in [-0.2, -0.15) is 0 Å². The summed E-state index contributed by atoms with van der Waals surface area (Å²) in [5, 5.41) is 3.19. The summed E-state index contributed by atoms with van der Waals surface area (Å²) in [6.07, 6.45) is 1.71. The molecule has 2 rings (SSSR count). The smallest absolute Gasteiger partial charge is 0.113 e. The lowest BCUT2D eigenvalue weighted by atomic mass is 10.2. The molecule has 0 aliphatic rings. The average molecular weight is 312 g/mol. The van der Waals surface area contributed by atoms with Crippen molar-refractivity contribution in [3.05, 3.63) is 52.4 Å². The summed E-state index contributed by atoms with van der Waals surface area (Å²) in [7, 11) is 1.96. The van der Waals surface area contributed by atoms with E-state index in [0.29, 0.717) is 0 Å². The van der Waals surface area contributed by atoms with Gasteiger partial charge in [0.1, 0.15) is 5.76 Å². The third kappa shape index (κ3) is 3.63. The Morgan fingerprint density at radius 3 is 2.94 bits per heavy atom. The number of nitrogens with one attached hydrogen (secondary N) is 1. The number of benzene rings is 1. The minimum absolute atomic E-state index is 0.866. The molecule has 1 aromatic heterocycles. The van der Waals surface area contributed by atoms with E-state index in [4.69, 9.17) is 4.42 Å². The lowest BCUT2D eigenvalue weighted by molar-refractivity contribution is 0.530. The fourth-order valence-electron chi connectivity index (χ4n) is 1.56. The van der Waals surface area contributed by atoms with Crippen LogP contribution in [0.5, 0.6) is 0 Å². The van der Waals surface area contributed by atoms with Crippen LogP contribution in [0.3, 0.4) is 0 Å². The molecular formula is C13H14BrNOS. The van der Waals surface area contributed by atoms with E-state index < -0.39 is 0 Å². The lowest BCUT2D eigenvalue weighted by Crippen LogP contribution is -2.06. The zero-order chi connectivity index (χ0) is 12.1. The molecular weight excluding hydrogens is 298 g/mol. The molecule has 0 aliphatic heterocycles. The summed E-state index contributed by atoms with van der Waals surface area (Å²) in [4.78, 5) is 1.29.